The highest BCUT2D eigenvalue weighted by Gasteiger charge is 2.27. The van der Waals surface area contributed by atoms with Gasteiger partial charge < -0.3 is 14.4 Å². The third-order valence-corrected chi connectivity index (χ3v) is 5.08. The average Bonchev–Trinajstić information content (AvgIpc) is 2.62. The Morgan fingerprint density at radius 1 is 1.12 bits per heavy atom. The average molecular weight is 354 g/mol. The van der Waals surface area contributed by atoms with Crippen LogP contribution in [0.1, 0.15) is 34.1 Å². The van der Waals surface area contributed by atoms with E-state index in [1.807, 2.05) is 45.9 Å². The van der Waals surface area contributed by atoms with Crippen LogP contribution in [0.2, 0.25) is 0 Å². The fourth-order valence-corrected chi connectivity index (χ4v) is 3.67. The smallest absolute Gasteiger partial charge is 0.263 e. The quantitative estimate of drug-likeness (QED) is 0.847. The van der Waals surface area contributed by atoms with Gasteiger partial charge >= 0.3 is 0 Å². The maximum Gasteiger partial charge on any atom is 0.263 e. The SMILES string of the molecule is CCn1c(C)cc(C)c(C(=O)N2CCN(c3ncccc3C)CC2)c1=O. The number of anilines is 1. The highest BCUT2D eigenvalue weighted by molar-refractivity contribution is 5.95. The summed E-state index contributed by atoms with van der Waals surface area (Å²) >= 11 is 0. The molecule has 0 aromatic carbocycles. The number of rotatable bonds is 3. The molecular formula is C20H26N4O2. The number of carbonyl (C=O) groups excluding carboxylic acids is 1. The van der Waals surface area contributed by atoms with E-state index in [1.165, 1.54) is 0 Å². The van der Waals surface area contributed by atoms with Crippen molar-refractivity contribution in [1.29, 1.82) is 0 Å². The maximum atomic E-state index is 13.0. The van der Waals surface area contributed by atoms with Crippen molar-refractivity contribution in [1.82, 2.24) is 14.5 Å². The molecule has 0 spiro atoms. The van der Waals surface area contributed by atoms with Gasteiger partial charge in [0.05, 0.1) is 0 Å². The van der Waals surface area contributed by atoms with E-state index in [4.69, 9.17) is 0 Å². The van der Waals surface area contributed by atoms with E-state index >= 15 is 0 Å². The van der Waals surface area contributed by atoms with Crippen LogP contribution in [0.15, 0.2) is 29.2 Å². The number of hydrogen-bond acceptors (Lipinski definition) is 4. The van der Waals surface area contributed by atoms with Gasteiger partial charge in [-0.25, -0.2) is 4.98 Å². The number of aromatic nitrogens is 2. The predicted octanol–water partition coefficient (Wildman–Crippen LogP) is 2.15. The van der Waals surface area contributed by atoms with Crippen LogP contribution in [0.25, 0.3) is 0 Å². The van der Waals surface area contributed by atoms with Crippen LogP contribution < -0.4 is 10.5 Å². The van der Waals surface area contributed by atoms with Crippen LogP contribution in [0, 0.1) is 20.8 Å². The molecule has 6 heteroatoms. The van der Waals surface area contributed by atoms with Crippen molar-refractivity contribution in [2.24, 2.45) is 0 Å². The lowest BCUT2D eigenvalue weighted by Gasteiger charge is -2.36. The molecule has 1 aliphatic heterocycles. The van der Waals surface area contributed by atoms with Crippen LogP contribution in [0.5, 0.6) is 0 Å². The van der Waals surface area contributed by atoms with Gasteiger partial charge in [0.25, 0.3) is 11.5 Å². The normalized spacial score (nSPS) is 14.6. The summed E-state index contributed by atoms with van der Waals surface area (Å²) in [6.07, 6.45) is 1.79. The molecule has 26 heavy (non-hydrogen) atoms. The molecule has 0 atom stereocenters. The number of aryl methyl sites for hydroxylation is 3. The molecule has 3 rings (SSSR count). The van der Waals surface area contributed by atoms with Gasteiger partial charge in [0, 0.05) is 44.6 Å². The molecule has 0 bridgehead atoms. The van der Waals surface area contributed by atoms with Crippen LogP contribution >= 0.6 is 0 Å². The summed E-state index contributed by atoms with van der Waals surface area (Å²) in [6, 6.07) is 5.89. The Morgan fingerprint density at radius 2 is 1.81 bits per heavy atom. The van der Waals surface area contributed by atoms with Gasteiger partial charge in [0.15, 0.2) is 0 Å². The minimum absolute atomic E-state index is 0.160. The zero-order valence-corrected chi connectivity index (χ0v) is 16.0. The predicted molar refractivity (Wildman–Crippen MR) is 103 cm³/mol. The number of carbonyl (C=O) groups is 1. The van der Waals surface area contributed by atoms with Crippen LogP contribution in [0.4, 0.5) is 5.82 Å². The van der Waals surface area contributed by atoms with Crippen molar-refractivity contribution in [3.05, 3.63) is 57.1 Å². The van der Waals surface area contributed by atoms with Crippen molar-refractivity contribution in [3.8, 4) is 0 Å². The summed E-state index contributed by atoms with van der Waals surface area (Å²) in [5.41, 5.74) is 2.90. The van der Waals surface area contributed by atoms with Gasteiger partial charge in [-0.3, -0.25) is 9.59 Å². The van der Waals surface area contributed by atoms with E-state index in [1.54, 1.807) is 15.7 Å². The van der Waals surface area contributed by atoms with Crippen LogP contribution in [-0.4, -0.2) is 46.5 Å². The summed E-state index contributed by atoms with van der Waals surface area (Å²) in [7, 11) is 0. The number of nitrogens with zero attached hydrogens (tertiary/aromatic N) is 4. The van der Waals surface area contributed by atoms with Gasteiger partial charge in [-0.1, -0.05) is 6.07 Å². The lowest BCUT2D eigenvalue weighted by atomic mass is 10.1. The molecule has 0 unspecified atom stereocenters. The third kappa shape index (κ3) is 3.23. The molecule has 0 saturated carbocycles. The molecule has 1 saturated heterocycles. The molecule has 1 amide bonds. The highest BCUT2D eigenvalue weighted by Crippen LogP contribution is 2.19. The van der Waals surface area contributed by atoms with Gasteiger partial charge in [-0.05, 0) is 51.0 Å². The molecule has 138 valence electrons. The second-order valence-corrected chi connectivity index (χ2v) is 6.82. The lowest BCUT2D eigenvalue weighted by Crippen LogP contribution is -2.50. The lowest BCUT2D eigenvalue weighted by molar-refractivity contribution is 0.0743. The molecule has 2 aromatic heterocycles. The van der Waals surface area contributed by atoms with Gasteiger partial charge in [-0.15, -0.1) is 0 Å². The maximum absolute atomic E-state index is 13.0. The standard InChI is InChI=1S/C20H26N4O2/c1-5-24-16(4)13-15(3)17(20(24)26)19(25)23-11-9-22(10-12-23)18-14(2)7-6-8-21-18/h6-8,13H,5,9-12H2,1-4H3. The first kappa shape index (κ1) is 18.2. The first-order valence-electron chi connectivity index (χ1n) is 9.11. The topological polar surface area (TPSA) is 58.4 Å². The fraction of sp³-hybridized carbons (Fsp3) is 0.450. The highest BCUT2D eigenvalue weighted by atomic mass is 16.2. The van der Waals surface area contributed by atoms with Crippen molar-refractivity contribution >= 4 is 11.7 Å². The Kier molecular flexibility index (Phi) is 5.11. The number of pyridine rings is 2. The van der Waals surface area contributed by atoms with Crippen molar-refractivity contribution < 1.29 is 4.79 Å². The van der Waals surface area contributed by atoms with E-state index in [0.717, 1.165) is 35.7 Å². The fourth-order valence-electron chi connectivity index (χ4n) is 3.67. The summed E-state index contributed by atoms with van der Waals surface area (Å²) in [6.45, 7) is 10.9. The zero-order chi connectivity index (χ0) is 18.8. The minimum atomic E-state index is -0.182. The van der Waals surface area contributed by atoms with E-state index in [0.29, 0.717) is 25.2 Å². The molecule has 0 N–H and O–H groups in total. The first-order valence-corrected chi connectivity index (χ1v) is 9.11. The summed E-state index contributed by atoms with van der Waals surface area (Å²) in [4.78, 5) is 34.2. The Morgan fingerprint density at radius 3 is 2.42 bits per heavy atom. The second-order valence-electron chi connectivity index (χ2n) is 6.82. The summed E-state index contributed by atoms with van der Waals surface area (Å²) in [5, 5.41) is 0. The monoisotopic (exact) mass is 354 g/mol. The van der Waals surface area contributed by atoms with Crippen LogP contribution in [-0.2, 0) is 6.54 Å². The largest absolute Gasteiger partial charge is 0.353 e. The number of hydrogen-bond donors (Lipinski definition) is 0. The van der Waals surface area contributed by atoms with Gasteiger partial charge in [0.2, 0.25) is 0 Å². The second kappa shape index (κ2) is 7.32. The molecule has 6 nitrogen and oxygen atoms in total. The molecular weight excluding hydrogens is 328 g/mol. The summed E-state index contributed by atoms with van der Waals surface area (Å²) in [5.74, 6) is 0.812. The van der Waals surface area contributed by atoms with Crippen molar-refractivity contribution in [3.63, 3.8) is 0 Å². The van der Waals surface area contributed by atoms with E-state index in [9.17, 15) is 9.59 Å². The molecule has 3 heterocycles. The molecule has 1 fully saturated rings. The van der Waals surface area contributed by atoms with Crippen molar-refractivity contribution in [2.45, 2.75) is 34.2 Å². The minimum Gasteiger partial charge on any atom is -0.353 e. The van der Waals surface area contributed by atoms with Crippen molar-refractivity contribution in [2.75, 3.05) is 31.1 Å². The van der Waals surface area contributed by atoms with Gasteiger partial charge in [0.1, 0.15) is 11.4 Å². The Labute approximate surface area is 154 Å². The van der Waals surface area contributed by atoms with E-state index in [-0.39, 0.29) is 11.5 Å². The van der Waals surface area contributed by atoms with Gasteiger partial charge in [-0.2, -0.15) is 0 Å². The molecule has 1 aliphatic rings. The third-order valence-electron chi connectivity index (χ3n) is 5.08. The first-order chi connectivity index (χ1) is 12.4. The Balaban J connectivity index is 1.80. The Bertz CT molecular complexity index is 880. The van der Waals surface area contributed by atoms with E-state index < -0.39 is 0 Å². The van der Waals surface area contributed by atoms with E-state index in [2.05, 4.69) is 9.88 Å². The Hall–Kier alpha value is -2.63. The number of piperazine rings is 1. The number of amides is 1. The molecule has 0 aliphatic carbocycles. The molecule has 0 radical (unpaired) electrons. The molecule has 2 aromatic rings. The van der Waals surface area contributed by atoms with Crippen LogP contribution in [0.3, 0.4) is 0 Å². The summed E-state index contributed by atoms with van der Waals surface area (Å²) < 4.78 is 1.66. The zero-order valence-electron chi connectivity index (χ0n) is 16.0.